The number of aromatic nitrogens is 1. The topological polar surface area (TPSA) is 54.5 Å². The number of nitrogens with one attached hydrogen (secondary N) is 1. The number of aryl methyl sites for hydroxylation is 1. The summed E-state index contributed by atoms with van der Waals surface area (Å²) in [7, 11) is 4.12. The Labute approximate surface area is 124 Å². The summed E-state index contributed by atoms with van der Waals surface area (Å²) >= 11 is 1.67. The number of hydrogen-bond acceptors (Lipinski definition) is 6. The van der Waals surface area contributed by atoms with Crippen LogP contribution in [0.4, 0.5) is 5.13 Å². The number of thiazole rings is 1. The SMILES string of the molecule is CCOC(=O)C1CCc2sc(NCC(C)N(C)C)nc21. The van der Waals surface area contributed by atoms with Crippen LogP contribution in [-0.4, -0.2) is 49.1 Å². The van der Waals surface area contributed by atoms with Crippen molar-refractivity contribution in [2.24, 2.45) is 0 Å². The van der Waals surface area contributed by atoms with Gasteiger partial charge in [-0.25, -0.2) is 4.98 Å². The third kappa shape index (κ3) is 3.30. The molecule has 1 aliphatic carbocycles. The highest BCUT2D eigenvalue weighted by Gasteiger charge is 2.33. The van der Waals surface area contributed by atoms with E-state index in [1.807, 2.05) is 6.92 Å². The van der Waals surface area contributed by atoms with Crippen molar-refractivity contribution in [3.63, 3.8) is 0 Å². The van der Waals surface area contributed by atoms with E-state index in [1.165, 1.54) is 4.88 Å². The van der Waals surface area contributed by atoms with Crippen LogP contribution < -0.4 is 5.32 Å². The zero-order valence-corrected chi connectivity index (χ0v) is 13.4. The minimum atomic E-state index is -0.164. The molecule has 0 fully saturated rings. The van der Waals surface area contributed by atoms with Gasteiger partial charge in [0, 0.05) is 17.5 Å². The first kappa shape index (κ1) is 15.3. The number of anilines is 1. The number of ether oxygens (including phenoxy) is 1. The van der Waals surface area contributed by atoms with E-state index < -0.39 is 0 Å². The Morgan fingerprint density at radius 2 is 2.35 bits per heavy atom. The number of carbonyl (C=O) groups is 1. The van der Waals surface area contributed by atoms with Gasteiger partial charge in [-0.1, -0.05) is 0 Å². The van der Waals surface area contributed by atoms with Crippen LogP contribution in [0.15, 0.2) is 0 Å². The van der Waals surface area contributed by atoms with Crippen molar-refractivity contribution >= 4 is 22.4 Å². The summed E-state index contributed by atoms with van der Waals surface area (Å²) in [5.41, 5.74) is 0.924. The molecule has 0 radical (unpaired) electrons. The van der Waals surface area contributed by atoms with Gasteiger partial charge in [-0.3, -0.25) is 4.79 Å². The summed E-state index contributed by atoms with van der Waals surface area (Å²) in [5, 5.41) is 4.27. The molecule has 0 saturated heterocycles. The molecule has 1 aromatic rings. The summed E-state index contributed by atoms with van der Waals surface area (Å²) in [4.78, 5) is 19.9. The molecule has 0 amide bonds. The van der Waals surface area contributed by atoms with Crippen molar-refractivity contribution in [2.45, 2.75) is 38.6 Å². The maximum Gasteiger partial charge on any atom is 0.315 e. The third-order valence-corrected chi connectivity index (χ3v) is 4.81. The molecular formula is C14H23N3O2S. The van der Waals surface area contributed by atoms with E-state index in [0.29, 0.717) is 12.6 Å². The second-order valence-electron chi connectivity index (χ2n) is 5.36. The van der Waals surface area contributed by atoms with Crippen LogP contribution in [0.5, 0.6) is 0 Å². The number of esters is 1. The van der Waals surface area contributed by atoms with Crippen LogP contribution in [0.3, 0.4) is 0 Å². The summed E-state index contributed by atoms with van der Waals surface area (Å²) in [6, 6.07) is 0.439. The molecule has 2 atom stereocenters. The normalized spacial score (nSPS) is 18.9. The quantitative estimate of drug-likeness (QED) is 0.815. The number of rotatable bonds is 6. The van der Waals surface area contributed by atoms with E-state index >= 15 is 0 Å². The predicted molar refractivity (Wildman–Crippen MR) is 81.4 cm³/mol. The number of fused-ring (bicyclic) bond motifs is 1. The summed E-state index contributed by atoms with van der Waals surface area (Å²) in [5.74, 6) is -0.298. The fourth-order valence-electron chi connectivity index (χ4n) is 2.19. The molecule has 0 saturated carbocycles. The fraction of sp³-hybridized carbons (Fsp3) is 0.714. The Hall–Kier alpha value is -1.14. The van der Waals surface area contributed by atoms with Gasteiger partial charge in [0.05, 0.1) is 12.3 Å². The van der Waals surface area contributed by atoms with E-state index in [1.54, 1.807) is 11.3 Å². The van der Waals surface area contributed by atoms with Crippen LogP contribution in [0.25, 0.3) is 0 Å². The third-order valence-electron chi connectivity index (χ3n) is 3.72. The molecular weight excluding hydrogens is 274 g/mol. The first-order valence-corrected chi connectivity index (χ1v) is 7.91. The number of nitrogens with zero attached hydrogens (tertiary/aromatic N) is 2. The molecule has 6 heteroatoms. The largest absolute Gasteiger partial charge is 0.465 e. The second-order valence-corrected chi connectivity index (χ2v) is 6.45. The number of hydrogen-bond donors (Lipinski definition) is 1. The minimum absolute atomic E-state index is 0.134. The van der Waals surface area contributed by atoms with Crippen LogP contribution in [0.2, 0.25) is 0 Å². The Morgan fingerprint density at radius 3 is 3.00 bits per heavy atom. The molecule has 2 rings (SSSR count). The molecule has 2 unspecified atom stereocenters. The summed E-state index contributed by atoms with van der Waals surface area (Å²) < 4.78 is 5.12. The van der Waals surface area contributed by atoms with Gasteiger partial charge in [0.25, 0.3) is 0 Å². The molecule has 0 aliphatic heterocycles. The fourth-order valence-corrected chi connectivity index (χ4v) is 3.24. The van der Waals surface area contributed by atoms with Gasteiger partial charge < -0.3 is 15.0 Å². The molecule has 1 heterocycles. The number of likely N-dealkylation sites (N-methyl/N-ethyl adjacent to an activating group) is 1. The van der Waals surface area contributed by atoms with E-state index in [-0.39, 0.29) is 11.9 Å². The lowest BCUT2D eigenvalue weighted by atomic mass is 10.1. The zero-order valence-electron chi connectivity index (χ0n) is 12.6. The van der Waals surface area contributed by atoms with Crippen molar-refractivity contribution in [2.75, 3.05) is 32.6 Å². The van der Waals surface area contributed by atoms with Gasteiger partial charge in [-0.15, -0.1) is 11.3 Å². The average molecular weight is 297 g/mol. The maximum absolute atomic E-state index is 11.9. The number of carbonyl (C=O) groups excluding carboxylic acids is 1. The van der Waals surface area contributed by atoms with E-state index in [2.05, 4.69) is 36.2 Å². The van der Waals surface area contributed by atoms with Crippen molar-refractivity contribution in [3.05, 3.63) is 10.6 Å². The molecule has 1 aromatic heterocycles. The van der Waals surface area contributed by atoms with E-state index in [4.69, 9.17) is 4.74 Å². The lowest BCUT2D eigenvalue weighted by Crippen LogP contribution is -2.31. The Bertz CT molecular complexity index is 473. The van der Waals surface area contributed by atoms with E-state index in [9.17, 15) is 4.79 Å². The molecule has 1 N–H and O–H groups in total. The molecule has 0 bridgehead atoms. The van der Waals surface area contributed by atoms with Crippen molar-refractivity contribution in [1.29, 1.82) is 0 Å². The van der Waals surface area contributed by atoms with Gasteiger partial charge >= 0.3 is 5.97 Å². The second kappa shape index (κ2) is 6.54. The van der Waals surface area contributed by atoms with Gasteiger partial charge in [0.15, 0.2) is 5.13 Å². The standard InChI is InChI=1S/C14H23N3O2S/c1-5-19-13(18)10-6-7-11-12(10)16-14(20-11)15-8-9(2)17(3)4/h9-10H,5-8H2,1-4H3,(H,15,16). The minimum Gasteiger partial charge on any atom is -0.465 e. The van der Waals surface area contributed by atoms with Crippen LogP contribution >= 0.6 is 11.3 Å². The predicted octanol–water partition coefficient (Wildman–Crippen LogP) is 2.10. The van der Waals surface area contributed by atoms with Crippen molar-refractivity contribution in [3.8, 4) is 0 Å². The lowest BCUT2D eigenvalue weighted by molar-refractivity contribution is -0.145. The summed E-state index contributed by atoms with van der Waals surface area (Å²) in [6.07, 6.45) is 1.77. The molecule has 5 nitrogen and oxygen atoms in total. The van der Waals surface area contributed by atoms with Crippen molar-refractivity contribution < 1.29 is 9.53 Å². The van der Waals surface area contributed by atoms with Gasteiger partial charge in [-0.2, -0.15) is 0 Å². The van der Waals surface area contributed by atoms with Crippen LogP contribution in [0, 0.1) is 0 Å². The molecule has 0 spiro atoms. The Kier molecular flexibility index (Phi) is 4.99. The van der Waals surface area contributed by atoms with Crippen LogP contribution in [0.1, 0.15) is 36.8 Å². The highest BCUT2D eigenvalue weighted by Crippen LogP contribution is 2.38. The first-order valence-electron chi connectivity index (χ1n) is 7.09. The van der Waals surface area contributed by atoms with Gasteiger partial charge in [0.1, 0.15) is 5.92 Å². The summed E-state index contributed by atoms with van der Waals surface area (Å²) in [6.45, 7) is 5.28. The smallest absolute Gasteiger partial charge is 0.315 e. The zero-order chi connectivity index (χ0) is 14.7. The highest BCUT2D eigenvalue weighted by atomic mass is 32.1. The first-order chi connectivity index (χ1) is 9.52. The highest BCUT2D eigenvalue weighted by molar-refractivity contribution is 7.15. The Morgan fingerprint density at radius 1 is 1.60 bits per heavy atom. The Balaban J connectivity index is 1.99. The molecule has 112 valence electrons. The molecule has 0 aromatic carbocycles. The van der Waals surface area contributed by atoms with Gasteiger partial charge in [-0.05, 0) is 40.8 Å². The average Bonchev–Trinajstić information content (AvgIpc) is 2.95. The maximum atomic E-state index is 11.9. The van der Waals surface area contributed by atoms with E-state index in [0.717, 1.165) is 30.2 Å². The monoisotopic (exact) mass is 297 g/mol. The van der Waals surface area contributed by atoms with Crippen molar-refractivity contribution in [1.82, 2.24) is 9.88 Å². The van der Waals surface area contributed by atoms with Crippen LogP contribution in [-0.2, 0) is 16.0 Å². The van der Waals surface area contributed by atoms with Gasteiger partial charge in [0.2, 0.25) is 0 Å². The molecule has 20 heavy (non-hydrogen) atoms. The molecule has 1 aliphatic rings. The lowest BCUT2D eigenvalue weighted by Gasteiger charge is -2.19.